The quantitative estimate of drug-likeness (QED) is 0.619. The zero-order chi connectivity index (χ0) is 12.8. The van der Waals surface area contributed by atoms with Crippen molar-refractivity contribution in [2.45, 2.75) is 19.5 Å². The van der Waals surface area contributed by atoms with Gasteiger partial charge >= 0.3 is 12.0 Å². The molecule has 0 heterocycles. The number of rotatable bonds is 4. The molecule has 0 radical (unpaired) electrons. The van der Waals surface area contributed by atoms with Crippen molar-refractivity contribution < 1.29 is 19.8 Å². The van der Waals surface area contributed by atoms with E-state index in [1.165, 1.54) is 19.1 Å². The number of hydrogen-bond acceptors (Lipinski definition) is 3. The monoisotopic (exact) mass is 238 g/mol. The Bertz CT molecular complexity index is 402. The van der Waals surface area contributed by atoms with Gasteiger partial charge in [-0.1, -0.05) is 12.1 Å². The molecule has 1 aromatic rings. The van der Waals surface area contributed by atoms with Crippen LogP contribution in [0.25, 0.3) is 0 Å². The second-order valence-corrected chi connectivity index (χ2v) is 3.55. The number of carbonyl (C=O) groups excluding carboxylic acids is 1. The Labute approximate surface area is 98.3 Å². The van der Waals surface area contributed by atoms with Gasteiger partial charge in [-0.2, -0.15) is 0 Å². The van der Waals surface area contributed by atoms with Crippen molar-refractivity contribution in [2.75, 3.05) is 0 Å². The molecule has 6 heteroatoms. The summed E-state index contributed by atoms with van der Waals surface area (Å²) in [7, 11) is 0. The SMILES string of the molecule is CC(NC(=O)NCc1ccc(O)cc1)C(=O)O. The highest BCUT2D eigenvalue weighted by molar-refractivity contribution is 5.82. The first-order valence-corrected chi connectivity index (χ1v) is 5.04. The largest absolute Gasteiger partial charge is 0.508 e. The third kappa shape index (κ3) is 4.42. The minimum atomic E-state index is -1.09. The van der Waals surface area contributed by atoms with E-state index in [0.29, 0.717) is 0 Å². The van der Waals surface area contributed by atoms with Crippen LogP contribution in [0.5, 0.6) is 5.75 Å². The lowest BCUT2D eigenvalue weighted by atomic mass is 10.2. The Kier molecular flexibility index (Phi) is 4.33. The molecule has 0 fully saturated rings. The number of carboxylic acids is 1. The summed E-state index contributed by atoms with van der Waals surface area (Å²) in [5, 5.41) is 22.4. The van der Waals surface area contributed by atoms with Gasteiger partial charge in [-0.3, -0.25) is 4.79 Å². The number of aromatic hydroxyl groups is 1. The van der Waals surface area contributed by atoms with Crippen LogP contribution in [-0.4, -0.2) is 28.3 Å². The molecule has 0 saturated heterocycles. The second kappa shape index (κ2) is 5.74. The Morgan fingerprint density at radius 2 is 1.88 bits per heavy atom. The molecule has 0 spiro atoms. The average molecular weight is 238 g/mol. The first-order valence-electron chi connectivity index (χ1n) is 5.04. The zero-order valence-corrected chi connectivity index (χ0v) is 9.30. The van der Waals surface area contributed by atoms with Crippen LogP contribution >= 0.6 is 0 Å². The van der Waals surface area contributed by atoms with Gasteiger partial charge in [0.25, 0.3) is 0 Å². The van der Waals surface area contributed by atoms with Crippen LogP contribution in [-0.2, 0) is 11.3 Å². The number of phenols is 1. The van der Waals surface area contributed by atoms with E-state index in [-0.39, 0.29) is 12.3 Å². The van der Waals surface area contributed by atoms with E-state index in [4.69, 9.17) is 10.2 Å². The number of urea groups is 1. The van der Waals surface area contributed by atoms with Crippen LogP contribution in [0.3, 0.4) is 0 Å². The topological polar surface area (TPSA) is 98.7 Å². The van der Waals surface area contributed by atoms with Gasteiger partial charge in [-0.05, 0) is 24.6 Å². The normalized spacial score (nSPS) is 11.6. The lowest BCUT2D eigenvalue weighted by Gasteiger charge is -2.10. The van der Waals surface area contributed by atoms with Crippen molar-refractivity contribution in [3.05, 3.63) is 29.8 Å². The van der Waals surface area contributed by atoms with Gasteiger partial charge in [-0.25, -0.2) is 4.79 Å². The van der Waals surface area contributed by atoms with E-state index >= 15 is 0 Å². The highest BCUT2D eigenvalue weighted by Crippen LogP contribution is 2.08. The fourth-order valence-corrected chi connectivity index (χ4v) is 1.11. The lowest BCUT2D eigenvalue weighted by Crippen LogP contribution is -2.44. The number of aliphatic carboxylic acids is 1. The van der Waals surface area contributed by atoms with Crippen molar-refractivity contribution in [1.82, 2.24) is 10.6 Å². The zero-order valence-electron chi connectivity index (χ0n) is 9.30. The Hall–Kier alpha value is -2.24. The Balaban J connectivity index is 2.38. The summed E-state index contributed by atoms with van der Waals surface area (Å²) in [6.07, 6.45) is 0. The molecule has 0 aromatic heterocycles. The highest BCUT2D eigenvalue weighted by atomic mass is 16.4. The van der Waals surface area contributed by atoms with Crippen LogP contribution in [0.2, 0.25) is 0 Å². The molecule has 1 unspecified atom stereocenters. The van der Waals surface area contributed by atoms with Gasteiger partial charge in [0.2, 0.25) is 0 Å². The maximum absolute atomic E-state index is 11.3. The Morgan fingerprint density at radius 1 is 1.29 bits per heavy atom. The smallest absolute Gasteiger partial charge is 0.325 e. The van der Waals surface area contributed by atoms with E-state index in [0.717, 1.165) is 5.56 Å². The number of hydrogen-bond donors (Lipinski definition) is 4. The summed E-state index contributed by atoms with van der Waals surface area (Å²) in [6, 6.07) is 4.86. The lowest BCUT2D eigenvalue weighted by molar-refractivity contribution is -0.138. The van der Waals surface area contributed by atoms with Crippen molar-refractivity contribution in [3.8, 4) is 5.75 Å². The van der Waals surface area contributed by atoms with Gasteiger partial charge in [0, 0.05) is 6.54 Å². The minimum absolute atomic E-state index is 0.151. The fraction of sp³-hybridized carbons (Fsp3) is 0.273. The molecular weight excluding hydrogens is 224 g/mol. The average Bonchev–Trinajstić information content (AvgIpc) is 2.28. The summed E-state index contributed by atoms with van der Waals surface area (Å²) < 4.78 is 0. The van der Waals surface area contributed by atoms with E-state index < -0.39 is 18.0 Å². The molecule has 2 amide bonds. The van der Waals surface area contributed by atoms with Crippen LogP contribution in [0.1, 0.15) is 12.5 Å². The van der Waals surface area contributed by atoms with Gasteiger partial charge in [0.15, 0.2) is 0 Å². The molecule has 1 aromatic carbocycles. The number of benzene rings is 1. The highest BCUT2D eigenvalue weighted by Gasteiger charge is 2.12. The molecule has 17 heavy (non-hydrogen) atoms. The molecular formula is C11H14N2O4. The predicted octanol–water partition coefficient (Wildman–Crippen LogP) is 0.664. The van der Waals surface area contributed by atoms with Crippen molar-refractivity contribution in [1.29, 1.82) is 0 Å². The predicted molar refractivity (Wildman–Crippen MR) is 60.6 cm³/mol. The molecule has 0 aliphatic rings. The maximum atomic E-state index is 11.3. The Morgan fingerprint density at radius 3 is 2.41 bits per heavy atom. The fourth-order valence-electron chi connectivity index (χ4n) is 1.11. The van der Waals surface area contributed by atoms with Gasteiger partial charge < -0.3 is 20.8 Å². The maximum Gasteiger partial charge on any atom is 0.325 e. The van der Waals surface area contributed by atoms with E-state index in [2.05, 4.69) is 10.6 Å². The van der Waals surface area contributed by atoms with Crippen molar-refractivity contribution in [3.63, 3.8) is 0 Å². The molecule has 4 N–H and O–H groups in total. The number of amides is 2. The van der Waals surface area contributed by atoms with Crippen LogP contribution < -0.4 is 10.6 Å². The van der Waals surface area contributed by atoms with E-state index in [1.807, 2.05) is 0 Å². The summed E-state index contributed by atoms with van der Waals surface area (Å²) in [5.74, 6) is -0.942. The first kappa shape index (κ1) is 12.8. The standard InChI is InChI=1S/C11H14N2O4/c1-7(10(15)16)13-11(17)12-6-8-2-4-9(14)5-3-8/h2-5,7,14H,6H2,1H3,(H,15,16)(H2,12,13,17). The summed E-state index contributed by atoms with van der Waals surface area (Å²) in [6.45, 7) is 1.64. The van der Waals surface area contributed by atoms with Crippen LogP contribution in [0.4, 0.5) is 4.79 Å². The van der Waals surface area contributed by atoms with Gasteiger partial charge in [0.05, 0.1) is 0 Å². The van der Waals surface area contributed by atoms with Crippen molar-refractivity contribution >= 4 is 12.0 Å². The molecule has 0 aliphatic heterocycles. The third-order valence-corrected chi connectivity index (χ3v) is 2.11. The summed E-state index contributed by atoms with van der Waals surface area (Å²) >= 11 is 0. The first-order chi connectivity index (χ1) is 7.99. The van der Waals surface area contributed by atoms with Gasteiger partial charge in [0.1, 0.15) is 11.8 Å². The number of nitrogens with one attached hydrogen (secondary N) is 2. The van der Waals surface area contributed by atoms with Crippen LogP contribution in [0, 0.1) is 0 Å². The molecule has 92 valence electrons. The summed E-state index contributed by atoms with van der Waals surface area (Å²) in [5.41, 5.74) is 0.806. The second-order valence-electron chi connectivity index (χ2n) is 3.55. The molecule has 1 atom stereocenters. The van der Waals surface area contributed by atoms with Gasteiger partial charge in [-0.15, -0.1) is 0 Å². The molecule has 0 aliphatic carbocycles. The van der Waals surface area contributed by atoms with Crippen molar-refractivity contribution in [2.24, 2.45) is 0 Å². The molecule has 0 saturated carbocycles. The third-order valence-electron chi connectivity index (χ3n) is 2.11. The number of phenolic OH excluding ortho intramolecular Hbond substituents is 1. The van der Waals surface area contributed by atoms with E-state index in [9.17, 15) is 9.59 Å². The minimum Gasteiger partial charge on any atom is -0.508 e. The molecule has 1 rings (SSSR count). The van der Waals surface area contributed by atoms with Crippen LogP contribution in [0.15, 0.2) is 24.3 Å². The molecule has 0 bridgehead atoms. The number of carbonyl (C=O) groups is 2. The van der Waals surface area contributed by atoms with E-state index in [1.54, 1.807) is 12.1 Å². The summed E-state index contributed by atoms with van der Waals surface area (Å²) in [4.78, 5) is 21.7. The number of carboxylic acid groups (broad SMARTS) is 1. The molecule has 6 nitrogen and oxygen atoms in total.